The molecule has 1 aromatic rings. The second-order valence-electron chi connectivity index (χ2n) is 4.08. The highest BCUT2D eigenvalue weighted by Crippen LogP contribution is 2.39. The van der Waals surface area contributed by atoms with Crippen LogP contribution < -0.4 is 9.62 Å². The molecule has 0 aromatic heterocycles. The van der Waals surface area contributed by atoms with Gasteiger partial charge in [0.2, 0.25) is 0 Å². The minimum atomic E-state index is 0.796. The van der Waals surface area contributed by atoms with Crippen LogP contribution in [0.25, 0.3) is 0 Å². The quantitative estimate of drug-likeness (QED) is 0.711. The SMILES string of the molecule is Cc1ccc2c(c1)SNCN2C1CC1. The van der Waals surface area contributed by atoms with E-state index in [9.17, 15) is 0 Å². The van der Waals surface area contributed by atoms with Crippen LogP contribution in [0.2, 0.25) is 0 Å². The van der Waals surface area contributed by atoms with Gasteiger partial charge in [0.1, 0.15) is 0 Å². The number of fused-ring (bicyclic) bond motifs is 1. The van der Waals surface area contributed by atoms with Crippen LogP contribution in [-0.2, 0) is 0 Å². The first kappa shape index (κ1) is 8.62. The van der Waals surface area contributed by atoms with E-state index in [4.69, 9.17) is 0 Å². The predicted octanol–water partition coefficient (Wildman–Crippen LogP) is 2.53. The van der Waals surface area contributed by atoms with E-state index in [0.717, 1.165) is 12.7 Å². The Labute approximate surface area is 88.8 Å². The third-order valence-electron chi connectivity index (χ3n) is 2.83. The Morgan fingerprint density at radius 3 is 3.07 bits per heavy atom. The summed E-state index contributed by atoms with van der Waals surface area (Å²) in [4.78, 5) is 3.87. The molecule has 1 aliphatic heterocycles. The molecule has 0 spiro atoms. The lowest BCUT2D eigenvalue weighted by Gasteiger charge is -2.31. The molecule has 3 rings (SSSR count). The number of benzene rings is 1. The van der Waals surface area contributed by atoms with E-state index in [1.54, 1.807) is 11.9 Å². The summed E-state index contributed by atoms with van der Waals surface area (Å²) in [6, 6.07) is 7.53. The van der Waals surface area contributed by atoms with Crippen LogP contribution >= 0.6 is 11.9 Å². The fourth-order valence-corrected chi connectivity index (χ4v) is 2.81. The van der Waals surface area contributed by atoms with Crippen LogP contribution in [0, 0.1) is 6.92 Å². The Morgan fingerprint density at radius 2 is 2.29 bits per heavy atom. The summed E-state index contributed by atoms with van der Waals surface area (Å²) >= 11 is 1.76. The lowest BCUT2D eigenvalue weighted by atomic mass is 10.2. The lowest BCUT2D eigenvalue weighted by molar-refractivity contribution is 0.754. The average Bonchev–Trinajstić information content (AvgIpc) is 2.99. The normalized spacial score (nSPS) is 20.8. The molecule has 0 amide bonds. The van der Waals surface area contributed by atoms with Crippen molar-refractivity contribution < 1.29 is 0 Å². The number of nitrogens with one attached hydrogen (secondary N) is 1. The van der Waals surface area contributed by atoms with Crippen molar-refractivity contribution in [3.63, 3.8) is 0 Å². The van der Waals surface area contributed by atoms with Gasteiger partial charge in [0, 0.05) is 10.9 Å². The summed E-state index contributed by atoms with van der Waals surface area (Å²) in [6.45, 7) is 3.14. The molecule has 0 saturated heterocycles. The molecule has 0 unspecified atom stereocenters. The maximum absolute atomic E-state index is 3.38. The first-order valence-electron chi connectivity index (χ1n) is 5.11. The summed E-state index contributed by atoms with van der Waals surface area (Å²) in [6.07, 6.45) is 2.72. The Balaban J connectivity index is 2.01. The van der Waals surface area contributed by atoms with Crippen molar-refractivity contribution in [1.29, 1.82) is 0 Å². The van der Waals surface area contributed by atoms with E-state index >= 15 is 0 Å². The minimum Gasteiger partial charge on any atom is -0.354 e. The molecular weight excluding hydrogens is 192 g/mol. The molecule has 14 heavy (non-hydrogen) atoms. The summed E-state index contributed by atoms with van der Waals surface area (Å²) < 4.78 is 3.38. The van der Waals surface area contributed by atoms with Gasteiger partial charge in [-0.15, -0.1) is 0 Å². The molecule has 0 radical (unpaired) electrons. The molecule has 1 aliphatic carbocycles. The number of hydrogen-bond donors (Lipinski definition) is 1. The van der Waals surface area contributed by atoms with Gasteiger partial charge in [-0.25, -0.2) is 4.72 Å². The maximum atomic E-state index is 3.38. The topological polar surface area (TPSA) is 15.3 Å². The third kappa shape index (κ3) is 1.41. The summed E-state index contributed by atoms with van der Waals surface area (Å²) in [5.74, 6) is 0. The van der Waals surface area contributed by atoms with Crippen molar-refractivity contribution in [2.24, 2.45) is 0 Å². The van der Waals surface area contributed by atoms with E-state index in [1.807, 2.05) is 0 Å². The molecule has 1 aromatic carbocycles. The second kappa shape index (κ2) is 3.17. The van der Waals surface area contributed by atoms with Gasteiger partial charge in [-0.3, -0.25) is 0 Å². The lowest BCUT2D eigenvalue weighted by Crippen LogP contribution is -2.36. The van der Waals surface area contributed by atoms with Gasteiger partial charge in [0.15, 0.2) is 0 Å². The maximum Gasteiger partial charge on any atom is 0.0781 e. The minimum absolute atomic E-state index is 0.796. The third-order valence-corrected chi connectivity index (χ3v) is 3.65. The Bertz CT molecular complexity index is 360. The largest absolute Gasteiger partial charge is 0.354 e. The number of nitrogens with zero attached hydrogens (tertiary/aromatic N) is 1. The highest BCUT2D eigenvalue weighted by atomic mass is 32.2. The van der Waals surface area contributed by atoms with Crippen LogP contribution in [0.3, 0.4) is 0 Å². The molecule has 1 saturated carbocycles. The van der Waals surface area contributed by atoms with Gasteiger partial charge in [-0.2, -0.15) is 0 Å². The van der Waals surface area contributed by atoms with Gasteiger partial charge >= 0.3 is 0 Å². The molecule has 2 nitrogen and oxygen atoms in total. The number of hydrogen-bond acceptors (Lipinski definition) is 3. The van der Waals surface area contributed by atoms with Gasteiger partial charge < -0.3 is 4.90 Å². The van der Waals surface area contributed by atoms with E-state index in [-0.39, 0.29) is 0 Å². The number of rotatable bonds is 1. The molecule has 1 fully saturated rings. The summed E-state index contributed by atoms with van der Waals surface area (Å²) in [5.41, 5.74) is 2.76. The average molecular weight is 206 g/mol. The first-order chi connectivity index (χ1) is 6.84. The smallest absolute Gasteiger partial charge is 0.0781 e. The summed E-state index contributed by atoms with van der Waals surface area (Å²) in [7, 11) is 0. The fraction of sp³-hybridized carbons (Fsp3) is 0.455. The molecule has 1 N–H and O–H groups in total. The molecular formula is C11H14N2S. The molecule has 1 heterocycles. The van der Waals surface area contributed by atoms with Gasteiger partial charge in [0.25, 0.3) is 0 Å². The van der Waals surface area contributed by atoms with E-state index in [2.05, 4.69) is 34.7 Å². The van der Waals surface area contributed by atoms with Gasteiger partial charge in [-0.1, -0.05) is 6.07 Å². The van der Waals surface area contributed by atoms with Gasteiger partial charge in [0.05, 0.1) is 12.4 Å². The van der Waals surface area contributed by atoms with Crippen molar-refractivity contribution in [3.8, 4) is 0 Å². The zero-order chi connectivity index (χ0) is 9.54. The summed E-state index contributed by atoms with van der Waals surface area (Å²) in [5, 5.41) is 0. The van der Waals surface area contributed by atoms with Crippen molar-refractivity contribution >= 4 is 17.6 Å². The Hall–Kier alpha value is -0.670. The van der Waals surface area contributed by atoms with Crippen LogP contribution in [0.4, 0.5) is 5.69 Å². The van der Waals surface area contributed by atoms with Crippen LogP contribution in [0.5, 0.6) is 0 Å². The van der Waals surface area contributed by atoms with Crippen LogP contribution in [-0.4, -0.2) is 12.7 Å². The van der Waals surface area contributed by atoms with Crippen molar-refractivity contribution in [1.82, 2.24) is 4.72 Å². The zero-order valence-corrected chi connectivity index (χ0v) is 9.10. The van der Waals surface area contributed by atoms with Gasteiger partial charge in [-0.05, 0) is 49.4 Å². The molecule has 74 valence electrons. The monoisotopic (exact) mass is 206 g/mol. The molecule has 2 aliphatic rings. The number of anilines is 1. The standard InChI is InChI=1S/C11H14N2S/c1-8-2-5-10-11(6-8)14-12-7-13(10)9-3-4-9/h2,5-6,9,12H,3-4,7H2,1H3. The van der Waals surface area contributed by atoms with Crippen molar-refractivity contribution in [2.75, 3.05) is 11.6 Å². The Morgan fingerprint density at radius 1 is 1.43 bits per heavy atom. The van der Waals surface area contributed by atoms with Crippen LogP contribution in [0.1, 0.15) is 18.4 Å². The first-order valence-corrected chi connectivity index (χ1v) is 5.93. The Kier molecular flexibility index (Phi) is 1.96. The second-order valence-corrected chi connectivity index (χ2v) is 5.01. The van der Waals surface area contributed by atoms with E-state index in [1.165, 1.54) is 29.0 Å². The predicted molar refractivity (Wildman–Crippen MR) is 60.5 cm³/mol. The van der Waals surface area contributed by atoms with Crippen molar-refractivity contribution in [2.45, 2.75) is 30.7 Å². The van der Waals surface area contributed by atoms with E-state index < -0.39 is 0 Å². The highest BCUT2D eigenvalue weighted by Gasteiger charge is 2.31. The van der Waals surface area contributed by atoms with E-state index in [0.29, 0.717) is 0 Å². The highest BCUT2D eigenvalue weighted by molar-refractivity contribution is 7.97. The molecule has 3 heteroatoms. The molecule has 0 bridgehead atoms. The fourth-order valence-electron chi connectivity index (χ4n) is 1.92. The van der Waals surface area contributed by atoms with Crippen molar-refractivity contribution in [3.05, 3.63) is 23.8 Å². The molecule has 0 atom stereocenters. The number of aryl methyl sites for hydroxylation is 1. The van der Waals surface area contributed by atoms with Crippen LogP contribution in [0.15, 0.2) is 23.1 Å². The zero-order valence-electron chi connectivity index (χ0n) is 8.29.